The van der Waals surface area contributed by atoms with Crippen LogP contribution in [0.15, 0.2) is 35.7 Å². The minimum Gasteiger partial charge on any atom is -0.389 e. The number of hydrogen-bond donors (Lipinski definition) is 1. The van der Waals surface area contributed by atoms with Gasteiger partial charge in [-0.3, -0.25) is 4.90 Å². The smallest absolute Gasteiger partial charge is 0.0900 e. The summed E-state index contributed by atoms with van der Waals surface area (Å²) >= 11 is 13.7. The summed E-state index contributed by atoms with van der Waals surface area (Å²) in [4.78, 5) is 3.48. The van der Waals surface area contributed by atoms with Crippen molar-refractivity contribution in [2.75, 3.05) is 13.2 Å². The molecule has 1 N–H and O–H groups in total. The predicted molar refractivity (Wildman–Crippen MR) is 99.9 cm³/mol. The standard InChI is InChI=1S/C18H21Cl2NO2S/c19-17-6-3-13(8-18(17)20)9-21(14-4-5-14)10-15(22)11-23-12-16-2-1-7-24-16/h1-3,6-8,14-15,22H,4-5,9-12H2. The Hall–Kier alpha value is -0.620. The van der Waals surface area contributed by atoms with Gasteiger partial charge in [0.05, 0.1) is 29.4 Å². The lowest BCUT2D eigenvalue weighted by Crippen LogP contribution is -2.36. The highest BCUT2D eigenvalue weighted by molar-refractivity contribution is 7.09. The van der Waals surface area contributed by atoms with E-state index < -0.39 is 6.10 Å². The normalized spacial score (nSPS) is 15.8. The summed E-state index contributed by atoms with van der Waals surface area (Å²) in [6.07, 6.45) is 1.88. The zero-order chi connectivity index (χ0) is 16.9. The van der Waals surface area contributed by atoms with Gasteiger partial charge in [0.25, 0.3) is 0 Å². The van der Waals surface area contributed by atoms with E-state index in [0.717, 1.165) is 12.1 Å². The third kappa shape index (κ3) is 5.45. The lowest BCUT2D eigenvalue weighted by molar-refractivity contribution is 0.00781. The maximum Gasteiger partial charge on any atom is 0.0900 e. The third-order valence-electron chi connectivity index (χ3n) is 4.01. The van der Waals surface area contributed by atoms with Crippen LogP contribution in [0, 0.1) is 0 Å². The van der Waals surface area contributed by atoms with Crippen LogP contribution in [0.2, 0.25) is 10.0 Å². The molecule has 2 aromatic rings. The first kappa shape index (κ1) is 18.2. The van der Waals surface area contributed by atoms with E-state index >= 15 is 0 Å². The number of benzene rings is 1. The summed E-state index contributed by atoms with van der Waals surface area (Å²) < 4.78 is 5.62. The van der Waals surface area contributed by atoms with Gasteiger partial charge in [0.2, 0.25) is 0 Å². The fourth-order valence-electron chi connectivity index (χ4n) is 2.67. The highest BCUT2D eigenvalue weighted by Gasteiger charge is 2.30. The molecule has 0 bridgehead atoms. The molecule has 6 heteroatoms. The molecule has 0 spiro atoms. The SMILES string of the molecule is OC(COCc1cccs1)CN(Cc1ccc(Cl)c(Cl)c1)C1CC1. The van der Waals surface area contributed by atoms with Gasteiger partial charge in [-0.05, 0) is 42.0 Å². The van der Waals surface area contributed by atoms with E-state index in [4.69, 9.17) is 27.9 Å². The lowest BCUT2D eigenvalue weighted by Gasteiger charge is -2.25. The molecule has 1 unspecified atom stereocenters. The highest BCUT2D eigenvalue weighted by atomic mass is 35.5. The largest absolute Gasteiger partial charge is 0.389 e. The summed E-state index contributed by atoms with van der Waals surface area (Å²) in [5, 5.41) is 13.5. The second-order valence-electron chi connectivity index (χ2n) is 6.16. The molecule has 1 aliphatic carbocycles. The van der Waals surface area contributed by atoms with Crippen LogP contribution < -0.4 is 0 Å². The monoisotopic (exact) mass is 385 g/mol. The van der Waals surface area contributed by atoms with E-state index in [1.165, 1.54) is 17.7 Å². The topological polar surface area (TPSA) is 32.7 Å². The zero-order valence-electron chi connectivity index (χ0n) is 13.3. The first-order chi connectivity index (χ1) is 11.6. The first-order valence-electron chi connectivity index (χ1n) is 8.08. The molecule has 1 fully saturated rings. The van der Waals surface area contributed by atoms with Crippen molar-refractivity contribution in [3.8, 4) is 0 Å². The van der Waals surface area contributed by atoms with Crippen molar-refractivity contribution in [1.82, 2.24) is 4.90 Å². The molecule has 1 saturated carbocycles. The van der Waals surface area contributed by atoms with Crippen LogP contribution in [-0.4, -0.2) is 35.3 Å². The summed E-state index contributed by atoms with van der Waals surface area (Å²) in [6.45, 7) is 2.28. The van der Waals surface area contributed by atoms with Crippen LogP contribution >= 0.6 is 34.5 Å². The van der Waals surface area contributed by atoms with Gasteiger partial charge < -0.3 is 9.84 Å². The minimum absolute atomic E-state index is 0.350. The van der Waals surface area contributed by atoms with E-state index in [-0.39, 0.29) is 0 Å². The van der Waals surface area contributed by atoms with Crippen molar-refractivity contribution in [3.05, 3.63) is 56.2 Å². The fourth-order valence-corrected chi connectivity index (χ4v) is 3.63. The van der Waals surface area contributed by atoms with Gasteiger partial charge in [-0.25, -0.2) is 0 Å². The van der Waals surface area contributed by atoms with E-state index in [9.17, 15) is 5.11 Å². The van der Waals surface area contributed by atoms with E-state index in [1.54, 1.807) is 11.3 Å². The molecule has 3 rings (SSSR count). The van der Waals surface area contributed by atoms with E-state index in [1.807, 2.05) is 35.7 Å². The van der Waals surface area contributed by atoms with Crippen molar-refractivity contribution < 1.29 is 9.84 Å². The predicted octanol–water partition coefficient (Wildman–Crippen LogP) is 4.60. The Morgan fingerprint density at radius 1 is 1.25 bits per heavy atom. The van der Waals surface area contributed by atoms with E-state index in [2.05, 4.69) is 4.90 Å². The van der Waals surface area contributed by atoms with Crippen LogP contribution in [0.5, 0.6) is 0 Å². The summed E-state index contributed by atoms with van der Waals surface area (Å²) in [5.74, 6) is 0. The first-order valence-corrected chi connectivity index (χ1v) is 9.71. The molecule has 0 amide bonds. The number of rotatable bonds is 9. The molecule has 1 aromatic carbocycles. The zero-order valence-corrected chi connectivity index (χ0v) is 15.7. The van der Waals surface area contributed by atoms with Crippen LogP contribution in [0.3, 0.4) is 0 Å². The molecule has 1 heterocycles. The second-order valence-corrected chi connectivity index (χ2v) is 8.00. The van der Waals surface area contributed by atoms with E-state index in [0.29, 0.717) is 35.8 Å². The Kier molecular flexibility index (Phi) is 6.56. The average Bonchev–Trinajstić information content (AvgIpc) is 3.28. The Morgan fingerprint density at radius 3 is 2.75 bits per heavy atom. The Balaban J connectivity index is 1.49. The quantitative estimate of drug-likeness (QED) is 0.684. The molecule has 0 aliphatic heterocycles. The maximum atomic E-state index is 10.3. The summed E-state index contributed by atoms with van der Waals surface area (Å²) in [6, 6.07) is 10.3. The Labute approximate surface area is 156 Å². The number of aliphatic hydroxyl groups is 1. The Morgan fingerprint density at radius 2 is 2.08 bits per heavy atom. The summed E-state index contributed by atoms with van der Waals surface area (Å²) in [7, 11) is 0. The van der Waals surface area contributed by atoms with Crippen molar-refractivity contribution in [2.24, 2.45) is 0 Å². The molecule has 130 valence electrons. The number of aliphatic hydroxyl groups excluding tert-OH is 1. The molecule has 1 aromatic heterocycles. The minimum atomic E-state index is -0.492. The average molecular weight is 386 g/mol. The lowest BCUT2D eigenvalue weighted by atomic mass is 10.2. The molecule has 1 atom stereocenters. The molecule has 0 radical (unpaired) electrons. The van der Waals surface area contributed by atoms with Crippen molar-refractivity contribution in [2.45, 2.75) is 38.1 Å². The molecule has 24 heavy (non-hydrogen) atoms. The Bertz CT molecular complexity index is 646. The molecule has 3 nitrogen and oxygen atoms in total. The fraction of sp³-hybridized carbons (Fsp3) is 0.444. The number of ether oxygens (including phenoxy) is 1. The third-order valence-corrected chi connectivity index (χ3v) is 5.60. The molecule has 1 aliphatic rings. The van der Waals surface area contributed by atoms with Gasteiger partial charge in [0, 0.05) is 24.0 Å². The van der Waals surface area contributed by atoms with Crippen molar-refractivity contribution in [1.29, 1.82) is 0 Å². The van der Waals surface area contributed by atoms with Gasteiger partial charge in [-0.15, -0.1) is 11.3 Å². The van der Waals surface area contributed by atoms with Crippen LogP contribution in [0.4, 0.5) is 0 Å². The number of halogens is 2. The molecular weight excluding hydrogens is 365 g/mol. The van der Waals surface area contributed by atoms with Crippen LogP contribution in [-0.2, 0) is 17.9 Å². The number of hydrogen-bond acceptors (Lipinski definition) is 4. The van der Waals surface area contributed by atoms with Crippen LogP contribution in [0.1, 0.15) is 23.3 Å². The van der Waals surface area contributed by atoms with Crippen molar-refractivity contribution in [3.63, 3.8) is 0 Å². The highest BCUT2D eigenvalue weighted by Crippen LogP contribution is 2.30. The second kappa shape index (κ2) is 8.65. The molecular formula is C18H21Cl2NO2S. The molecule has 0 saturated heterocycles. The maximum absolute atomic E-state index is 10.3. The number of nitrogens with zero attached hydrogens (tertiary/aromatic N) is 1. The van der Waals surface area contributed by atoms with Gasteiger partial charge in [-0.1, -0.05) is 35.3 Å². The van der Waals surface area contributed by atoms with Crippen LogP contribution in [0.25, 0.3) is 0 Å². The van der Waals surface area contributed by atoms with Crippen molar-refractivity contribution >= 4 is 34.5 Å². The summed E-state index contributed by atoms with van der Waals surface area (Å²) in [5.41, 5.74) is 1.11. The van der Waals surface area contributed by atoms with Gasteiger partial charge in [0.1, 0.15) is 0 Å². The van der Waals surface area contributed by atoms with Gasteiger partial charge in [-0.2, -0.15) is 0 Å². The number of thiophene rings is 1. The van der Waals surface area contributed by atoms with Gasteiger partial charge in [0.15, 0.2) is 0 Å². The van der Waals surface area contributed by atoms with Gasteiger partial charge >= 0.3 is 0 Å².